The molecule has 0 aliphatic carbocycles. The summed E-state index contributed by atoms with van der Waals surface area (Å²) in [5, 5.41) is 11.4. The quantitative estimate of drug-likeness (QED) is 0.463. The highest BCUT2D eigenvalue weighted by Crippen LogP contribution is 2.30. The average molecular weight is 360 g/mol. The zero-order valence-corrected chi connectivity index (χ0v) is 13.9. The Kier molecular flexibility index (Phi) is 5.43. The molecule has 26 heavy (non-hydrogen) atoms. The summed E-state index contributed by atoms with van der Waals surface area (Å²) in [4.78, 5) is 24.9. The van der Waals surface area contributed by atoms with E-state index in [1.165, 1.54) is 36.4 Å². The highest BCUT2D eigenvalue weighted by Gasteiger charge is 2.23. The summed E-state index contributed by atoms with van der Waals surface area (Å²) < 4.78 is 23.3. The molecule has 0 amide bonds. The minimum atomic E-state index is -0.675. The van der Waals surface area contributed by atoms with Gasteiger partial charge >= 0.3 is 5.97 Å². The molecule has 7 nitrogen and oxygen atoms in total. The van der Waals surface area contributed by atoms with Gasteiger partial charge in [0.15, 0.2) is 0 Å². The largest absolute Gasteiger partial charge is 0.457 e. The van der Waals surface area contributed by atoms with Crippen LogP contribution < -0.4 is 4.90 Å². The number of halogens is 1. The van der Waals surface area contributed by atoms with Gasteiger partial charge in [-0.25, -0.2) is 9.18 Å². The molecule has 2 aromatic carbocycles. The first-order chi connectivity index (χ1) is 12.5. The molecule has 1 aliphatic heterocycles. The monoisotopic (exact) mass is 360 g/mol. The number of hydrogen-bond donors (Lipinski definition) is 0. The third kappa shape index (κ3) is 4.15. The number of rotatable bonds is 5. The Hall–Kier alpha value is -3.00. The molecule has 8 heteroatoms. The molecule has 0 unspecified atom stereocenters. The second-order valence-corrected chi connectivity index (χ2v) is 5.76. The minimum Gasteiger partial charge on any atom is -0.457 e. The van der Waals surface area contributed by atoms with E-state index in [2.05, 4.69) is 0 Å². The molecule has 1 heterocycles. The first-order valence-electron chi connectivity index (χ1n) is 8.07. The molecule has 3 rings (SSSR count). The maximum Gasteiger partial charge on any atom is 0.338 e. The molecule has 2 aromatic rings. The highest BCUT2D eigenvalue weighted by molar-refractivity contribution is 5.91. The van der Waals surface area contributed by atoms with E-state index in [1.54, 1.807) is 6.07 Å². The Morgan fingerprint density at radius 1 is 1.19 bits per heavy atom. The summed E-state index contributed by atoms with van der Waals surface area (Å²) in [6.45, 7) is 2.06. The second kappa shape index (κ2) is 7.92. The molecule has 1 saturated heterocycles. The van der Waals surface area contributed by atoms with Crippen LogP contribution >= 0.6 is 0 Å². The molecule has 0 N–H and O–H groups in total. The van der Waals surface area contributed by atoms with E-state index < -0.39 is 10.9 Å². The smallest absolute Gasteiger partial charge is 0.338 e. The van der Waals surface area contributed by atoms with Gasteiger partial charge in [0.1, 0.15) is 18.1 Å². The van der Waals surface area contributed by atoms with E-state index in [0.29, 0.717) is 37.6 Å². The second-order valence-electron chi connectivity index (χ2n) is 5.76. The van der Waals surface area contributed by atoms with Gasteiger partial charge in [-0.05, 0) is 29.8 Å². The van der Waals surface area contributed by atoms with Gasteiger partial charge in [0.25, 0.3) is 5.69 Å². The number of nitrogens with zero attached hydrogens (tertiary/aromatic N) is 2. The van der Waals surface area contributed by atoms with Crippen molar-refractivity contribution >= 4 is 17.3 Å². The molecular formula is C18H17FN2O5. The van der Waals surface area contributed by atoms with Crippen LogP contribution in [0.25, 0.3) is 0 Å². The first kappa shape index (κ1) is 17.8. The number of nitro groups is 1. The zero-order chi connectivity index (χ0) is 18.5. The van der Waals surface area contributed by atoms with Gasteiger partial charge in [0.2, 0.25) is 0 Å². The van der Waals surface area contributed by atoms with Crippen LogP contribution in [-0.4, -0.2) is 37.2 Å². The molecule has 0 spiro atoms. The van der Waals surface area contributed by atoms with E-state index in [4.69, 9.17) is 9.47 Å². The average Bonchev–Trinajstić information content (AvgIpc) is 2.67. The van der Waals surface area contributed by atoms with Crippen molar-refractivity contribution in [2.75, 3.05) is 31.2 Å². The fraction of sp³-hybridized carbons (Fsp3) is 0.278. The Morgan fingerprint density at radius 2 is 1.88 bits per heavy atom. The Balaban J connectivity index is 1.74. The van der Waals surface area contributed by atoms with Crippen LogP contribution in [0.1, 0.15) is 15.9 Å². The van der Waals surface area contributed by atoms with E-state index in [1.807, 2.05) is 4.90 Å². The summed E-state index contributed by atoms with van der Waals surface area (Å²) in [5.74, 6) is -1.06. The van der Waals surface area contributed by atoms with Crippen LogP contribution in [0, 0.1) is 15.9 Å². The highest BCUT2D eigenvalue weighted by atomic mass is 19.1. The van der Waals surface area contributed by atoms with Gasteiger partial charge in [-0.3, -0.25) is 10.1 Å². The predicted molar refractivity (Wildman–Crippen MR) is 91.6 cm³/mol. The minimum absolute atomic E-state index is 0.0435. The van der Waals surface area contributed by atoms with Gasteiger partial charge in [-0.1, -0.05) is 12.1 Å². The molecule has 0 saturated carbocycles. The third-order valence-corrected chi connectivity index (χ3v) is 4.04. The van der Waals surface area contributed by atoms with E-state index >= 15 is 0 Å². The normalized spacial score (nSPS) is 14.1. The van der Waals surface area contributed by atoms with E-state index in [-0.39, 0.29) is 23.7 Å². The lowest BCUT2D eigenvalue weighted by molar-refractivity contribution is -0.384. The van der Waals surface area contributed by atoms with Gasteiger partial charge < -0.3 is 14.4 Å². The van der Waals surface area contributed by atoms with Gasteiger partial charge in [-0.2, -0.15) is 0 Å². The van der Waals surface area contributed by atoms with Crippen LogP contribution in [0.5, 0.6) is 0 Å². The number of ether oxygens (including phenoxy) is 2. The summed E-state index contributed by atoms with van der Waals surface area (Å²) >= 11 is 0. The van der Waals surface area contributed by atoms with Gasteiger partial charge in [0, 0.05) is 19.2 Å². The van der Waals surface area contributed by atoms with Crippen molar-refractivity contribution in [3.8, 4) is 0 Å². The summed E-state index contributed by atoms with van der Waals surface area (Å²) in [7, 11) is 0. The topological polar surface area (TPSA) is 81.9 Å². The first-order valence-corrected chi connectivity index (χ1v) is 8.07. The van der Waals surface area contributed by atoms with Crippen molar-refractivity contribution in [1.29, 1.82) is 0 Å². The predicted octanol–water partition coefficient (Wildman–Crippen LogP) is 2.93. The third-order valence-electron chi connectivity index (χ3n) is 4.04. The lowest BCUT2D eigenvalue weighted by Crippen LogP contribution is -2.36. The molecule has 0 aromatic heterocycles. The maximum atomic E-state index is 12.9. The molecule has 0 bridgehead atoms. The molecule has 1 fully saturated rings. The summed E-state index contributed by atoms with van der Waals surface area (Å²) in [5.41, 5.74) is 1.02. The van der Waals surface area contributed by atoms with Crippen LogP contribution in [-0.2, 0) is 16.1 Å². The fourth-order valence-electron chi connectivity index (χ4n) is 2.68. The number of nitro benzene ring substituents is 1. The van der Waals surface area contributed by atoms with Crippen LogP contribution in [0.2, 0.25) is 0 Å². The molecule has 0 radical (unpaired) electrons. The summed E-state index contributed by atoms with van der Waals surface area (Å²) in [6.07, 6.45) is 0. The SMILES string of the molecule is O=C(OCc1ccc(F)cc1)c1ccc(N2CCOCC2)c([N+](=O)[O-])c1. The fourth-order valence-corrected chi connectivity index (χ4v) is 2.68. The summed E-state index contributed by atoms with van der Waals surface area (Å²) in [6, 6.07) is 9.83. The number of anilines is 1. The lowest BCUT2D eigenvalue weighted by Gasteiger charge is -2.28. The van der Waals surface area contributed by atoms with Crippen LogP contribution in [0.4, 0.5) is 15.8 Å². The van der Waals surface area contributed by atoms with Gasteiger partial charge in [-0.15, -0.1) is 0 Å². The Morgan fingerprint density at radius 3 is 2.54 bits per heavy atom. The standard InChI is InChI=1S/C18H17FN2O5/c19-15-4-1-13(2-5-15)12-26-18(22)14-3-6-16(17(11-14)21(23)24)20-7-9-25-10-8-20/h1-6,11H,7-10,12H2. The van der Waals surface area contributed by atoms with Gasteiger partial charge in [0.05, 0.1) is 23.7 Å². The van der Waals surface area contributed by atoms with Crippen molar-refractivity contribution in [2.45, 2.75) is 6.61 Å². The van der Waals surface area contributed by atoms with Crippen molar-refractivity contribution in [3.63, 3.8) is 0 Å². The van der Waals surface area contributed by atoms with E-state index in [9.17, 15) is 19.3 Å². The molecule has 1 aliphatic rings. The van der Waals surface area contributed by atoms with Crippen molar-refractivity contribution in [2.24, 2.45) is 0 Å². The Labute approximate surface area is 149 Å². The zero-order valence-electron chi connectivity index (χ0n) is 13.9. The van der Waals surface area contributed by atoms with Crippen LogP contribution in [0.15, 0.2) is 42.5 Å². The number of esters is 1. The van der Waals surface area contributed by atoms with Crippen molar-refractivity contribution < 1.29 is 23.6 Å². The maximum absolute atomic E-state index is 12.9. The molecular weight excluding hydrogens is 343 g/mol. The van der Waals surface area contributed by atoms with Crippen molar-refractivity contribution in [1.82, 2.24) is 0 Å². The van der Waals surface area contributed by atoms with Crippen molar-refractivity contribution in [3.05, 3.63) is 69.5 Å². The van der Waals surface area contributed by atoms with Crippen LogP contribution in [0.3, 0.4) is 0 Å². The molecule has 0 atom stereocenters. The number of carbonyl (C=O) groups excluding carboxylic acids is 1. The van der Waals surface area contributed by atoms with E-state index in [0.717, 1.165) is 0 Å². The lowest BCUT2D eigenvalue weighted by atomic mass is 10.1. The number of carbonyl (C=O) groups is 1. The Bertz CT molecular complexity index is 804. The number of benzene rings is 2. The number of hydrogen-bond acceptors (Lipinski definition) is 6. The molecule has 136 valence electrons. The number of morpholine rings is 1.